The summed E-state index contributed by atoms with van der Waals surface area (Å²) in [4.78, 5) is 13.2. The van der Waals surface area contributed by atoms with Crippen molar-refractivity contribution in [3.8, 4) is 11.5 Å². The molecule has 0 aliphatic rings. The first kappa shape index (κ1) is 36.7. The molecule has 9 heteroatoms. The van der Waals surface area contributed by atoms with E-state index in [0.29, 0.717) is 42.4 Å². The third-order valence-electron chi connectivity index (χ3n) is 7.00. The first-order chi connectivity index (χ1) is 18.6. The Kier molecular flexibility index (Phi) is 14.2. The third-order valence-corrected chi connectivity index (χ3v) is 7.87. The molecular weight excluding hydrogens is 560 g/mol. The summed E-state index contributed by atoms with van der Waals surface area (Å²) in [5, 5.41) is 0. The van der Waals surface area contributed by atoms with Crippen LogP contribution in [0.2, 0.25) is 0 Å². The van der Waals surface area contributed by atoms with E-state index in [0.717, 1.165) is 16.7 Å². The van der Waals surface area contributed by atoms with Gasteiger partial charge in [0, 0.05) is 11.1 Å². The number of nitrogens with one attached hydrogen (secondary N) is 1. The van der Waals surface area contributed by atoms with Crippen molar-refractivity contribution in [3.63, 3.8) is 0 Å². The number of ether oxygens (including phenoxy) is 1. The van der Waals surface area contributed by atoms with Crippen molar-refractivity contribution in [2.24, 2.45) is 5.73 Å². The van der Waals surface area contributed by atoms with E-state index in [1.807, 2.05) is 27.7 Å². The van der Waals surface area contributed by atoms with Crippen molar-refractivity contribution >= 4 is 28.6 Å². The van der Waals surface area contributed by atoms with E-state index < -0.39 is 16.2 Å². The van der Waals surface area contributed by atoms with Gasteiger partial charge in [0.15, 0.2) is 5.75 Å². The largest absolute Gasteiger partial charge is 0.494 e. The molecule has 0 saturated heterocycles. The van der Waals surface area contributed by atoms with Crippen molar-refractivity contribution in [1.82, 2.24) is 4.72 Å². The molecule has 2 rings (SSSR count). The maximum Gasteiger partial charge on any atom is 0.409 e. The highest BCUT2D eigenvalue weighted by molar-refractivity contribution is 7.85. The smallest absolute Gasteiger partial charge is 0.409 e. The molecule has 0 radical (unpaired) electrons. The van der Waals surface area contributed by atoms with Gasteiger partial charge in [-0.2, -0.15) is 8.42 Å². The van der Waals surface area contributed by atoms with Gasteiger partial charge in [-0.05, 0) is 76.9 Å². The normalized spacial score (nSPS) is 11.9. The van der Waals surface area contributed by atoms with E-state index in [9.17, 15) is 13.2 Å². The van der Waals surface area contributed by atoms with E-state index in [2.05, 4.69) is 58.4 Å². The summed E-state index contributed by atoms with van der Waals surface area (Å²) < 4.78 is 40.2. The predicted octanol–water partition coefficient (Wildman–Crippen LogP) is 7.44. The second-order valence-electron chi connectivity index (χ2n) is 12.1. The minimum Gasteiger partial charge on any atom is -0.494 e. The van der Waals surface area contributed by atoms with Gasteiger partial charge in [0.2, 0.25) is 5.91 Å². The van der Waals surface area contributed by atoms with Gasteiger partial charge in [-0.15, -0.1) is 12.4 Å². The number of benzene rings is 2. The Morgan fingerprint density at radius 3 is 1.63 bits per heavy atom. The van der Waals surface area contributed by atoms with Crippen LogP contribution in [-0.4, -0.2) is 27.5 Å². The van der Waals surface area contributed by atoms with Crippen molar-refractivity contribution in [2.75, 3.05) is 13.2 Å². The molecule has 232 valence electrons. The number of hydrogen-bond acceptors (Lipinski definition) is 6. The number of carbonyl (C=O) groups is 1. The second kappa shape index (κ2) is 15.8. The molecule has 0 saturated carbocycles. The van der Waals surface area contributed by atoms with Crippen LogP contribution < -0.4 is 19.4 Å². The standard InChI is InChI=1S/C32H50N2O5S.ClH/c1-19(2)24-14-26(20(3)4)30(27(15-24)21(5)6)18-31(35)34-40(36,37)39-32-28(22(7)8)16-25(38-13-11-12-33)17-29(32)23(9)10;/h14-17,19-23H,11-13,18,33H2,1-10H3,(H,34,35);1H. The van der Waals surface area contributed by atoms with Crippen LogP contribution in [0.3, 0.4) is 0 Å². The van der Waals surface area contributed by atoms with E-state index in [4.69, 9.17) is 14.7 Å². The molecule has 2 aromatic carbocycles. The van der Waals surface area contributed by atoms with Crippen LogP contribution in [0.5, 0.6) is 11.5 Å². The van der Waals surface area contributed by atoms with Crippen molar-refractivity contribution < 1.29 is 22.1 Å². The van der Waals surface area contributed by atoms with Crippen LogP contribution in [0.15, 0.2) is 24.3 Å². The summed E-state index contributed by atoms with van der Waals surface area (Å²) in [6.45, 7) is 21.5. The third kappa shape index (κ3) is 10.2. The summed E-state index contributed by atoms with van der Waals surface area (Å²) in [5.74, 6) is 0.871. The Bertz CT molecular complexity index is 1210. The first-order valence-corrected chi connectivity index (χ1v) is 15.9. The Labute approximate surface area is 254 Å². The number of hydrogen-bond donors (Lipinski definition) is 2. The van der Waals surface area contributed by atoms with E-state index >= 15 is 0 Å². The van der Waals surface area contributed by atoms with Crippen molar-refractivity contribution in [1.29, 1.82) is 0 Å². The Morgan fingerprint density at radius 2 is 1.24 bits per heavy atom. The fourth-order valence-corrected chi connectivity index (χ4v) is 5.54. The van der Waals surface area contributed by atoms with Crippen LogP contribution in [0.4, 0.5) is 0 Å². The van der Waals surface area contributed by atoms with Crippen LogP contribution in [0.1, 0.15) is 139 Å². The number of amides is 1. The Hall–Kier alpha value is -2.29. The zero-order chi connectivity index (χ0) is 30.4. The molecule has 0 aliphatic heterocycles. The van der Waals surface area contributed by atoms with Gasteiger partial charge in [-0.3, -0.25) is 4.79 Å². The molecule has 0 heterocycles. The number of halogens is 1. The minimum atomic E-state index is -4.44. The van der Waals surface area contributed by atoms with Crippen molar-refractivity contribution in [3.05, 3.63) is 57.6 Å². The summed E-state index contributed by atoms with van der Waals surface area (Å²) in [6.07, 6.45) is 0.661. The van der Waals surface area contributed by atoms with Gasteiger partial charge >= 0.3 is 10.3 Å². The van der Waals surface area contributed by atoms with Crippen molar-refractivity contribution in [2.45, 2.75) is 112 Å². The molecule has 0 spiro atoms. The van der Waals surface area contributed by atoms with Gasteiger partial charge in [-0.25, -0.2) is 4.72 Å². The lowest BCUT2D eigenvalue weighted by Gasteiger charge is -2.23. The summed E-state index contributed by atoms with van der Waals surface area (Å²) in [6, 6.07) is 7.91. The number of rotatable bonds is 14. The monoisotopic (exact) mass is 610 g/mol. The van der Waals surface area contributed by atoms with Gasteiger partial charge in [-0.1, -0.05) is 81.4 Å². The Balaban J connectivity index is 0.00000840. The molecule has 1 amide bonds. The lowest BCUT2D eigenvalue weighted by Crippen LogP contribution is -2.36. The molecule has 3 N–H and O–H groups in total. The van der Waals surface area contributed by atoms with E-state index in [-0.39, 0.29) is 48.2 Å². The summed E-state index contributed by atoms with van der Waals surface area (Å²) in [7, 11) is -4.44. The van der Waals surface area contributed by atoms with Gasteiger partial charge in [0.1, 0.15) is 5.75 Å². The predicted molar refractivity (Wildman–Crippen MR) is 171 cm³/mol. The summed E-state index contributed by atoms with van der Waals surface area (Å²) >= 11 is 0. The van der Waals surface area contributed by atoms with E-state index in [1.165, 1.54) is 5.56 Å². The van der Waals surface area contributed by atoms with Gasteiger partial charge < -0.3 is 14.7 Å². The number of nitrogens with two attached hydrogens (primary N) is 1. The lowest BCUT2D eigenvalue weighted by molar-refractivity contribution is -0.118. The molecule has 7 nitrogen and oxygen atoms in total. The fourth-order valence-electron chi connectivity index (χ4n) is 4.73. The molecule has 0 bridgehead atoms. The molecule has 2 aromatic rings. The highest BCUT2D eigenvalue weighted by Gasteiger charge is 2.26. The zero-order valence-electron chi connectivity index (χ0n) is 26.5. The van der Waals surface area contributed by atoms with Gasteiger partial charge in [0.05, 0.1) is 13.0 Å². The van der Waals surface area contributed by atoms with Crippen LogP contribution in [0, 0.1) is 0 Å². The molecule has 0 fully saturated rings. The first-order valence-electron chi connectivity index (χ1n) is 14.5. The average Bonchev–Trinajstić information content (AvgIpc) is 2.83. The zero-order valence-corrected chi connectivity index (χ0v) is 28.1. The maximum atomic E-state index is 13.2. The van der Waals surface area contributed by atoms with Crippen LogP contribution in [0.25, 0.3) is 0 Å². The topological polar surface area (TPSA) is 108 Å². The van der Waals surface area contributed by atoms with Gasteiger partial charge in [0.25, 0.3) is 0 Å². The second-order valence-corrected chi connectivity index (χ2v) is 13.4. The molecule has 41 heavy (non-hydrogen) atoms. The van der Waals surface area contributed by atoms with Crippen LogP contribution in [-0.2, 0) is 21.5 Å². The highest BCUT2D eigenvalue weighted by Crippen LogP contribution is 2.39. The summed E-state index contributed by atoms with van der Waals surface area (Å²) in [5.41, 5.74) is 11.2. The van der Waals surface area contributed by atoms with E-state index in [1.54, 1.807) is 12.1 Å². The molecule has 0 unspecified atom stereocenters. The molecule has 0 aromatic heterocycles. The Morgan fingerprint density at radius 1 is 0.780 bits per heavy atom. The SMILES string of the molecule is CC(C)c1cc(C(C)C)c(CC(=O)NS(=O)(=O)Oc2c(C(C)C)cc(OCCCN)cc2C(C)C)c(C(C)C)c1.Cl. The lowest BCUT2D eigenvalue weighted by atomic mass is 9.83. The molecular formula is C32H51ClN2O5S. The quantitative estimate of drug-likeness (QED) is 0.215. The average molecular weight is 611 g/mol. The molecule has 0 atom stereocenters. The number of carbonyl (C=O) groups excluding carboxylic acids is 1. The molecule has 0 aliphatic carbocycles. The van der Waals surface area contributed by atoms with Crippen LogP contribution >= 0.6 is 12.4 Å². The maximum absolute atomic E-state index is 13.2. The minimum absolute atomic E-state index is 0. The fraction of sp³-hybridized carbons (Fsp3) is 0.594. The highest BCUT2D eigenvalue weighted by atomic mass is 35.5.